The highest BCUT2D eigenvalue weighted by molar-refractivity contribution is 6.45. The number of benzene rings is 2. The van der Waals surface area contributed by atoms with Crippen LogP contribution in [-0.2, 0) is 9.59 Å². The molecule has 2 atom stereocenters. The lowest BCUT2D eigenvalue weighted by atomic mass is 9.91. The van der Waals surface area contributed by atoms with Gasteiger partial charge in [0.25, 0.3) is 11.8 Å². The third-order valence-electron chi connectivity index (χ3n) is 5.64. The first kappa shape index (κ1) is 19.7. The van der Waals surface area contributed by atoms with Crippen LogP contribution in [0.3, 0.4) is 0 Å². The van der Waals surface area contributed by atoms with E-state index in [2.05, 4.69) is 18.7 Å². The van der Waals surface area contributed by atoms with E-state index < -0.39 is 0 Å². The second-order valence-corrected chi connectivity index (χ2v) is 8.80. The normalized spacial score (nSPS) is 22.6. The number of carbonyl (C=O) groups excluding carboxylic acids is 2. The van der Waals surface area contributed by atoms with Gasteiger partial charge in [0.2, 0.25) is 0 Å². The highest BCUT2D eigenvalue weighted by Gasteiger charge is 2.43. The first-order valence-corrected chi connectivity index (χ1v) is 10.4. The van der Waals surface area contributed by atoms with Gasteiger partial charge in [-0.05, 0) is 60.6 Å². The van der Waals surface area contributed by atoms with Crippen molar-refractivity contribution in [3.8, 4) is 0 Å². The molecule has 29 heavy (non-hydrogen) atoms. The van der Waals surface area contributed by atoms with E-state index in [1.54, 1.807) is 12.1 Å². The molecule has 2 unspecified atom stereocenters. The summed E-state index contributed by atoms with van der Waals surface area (Å²) in [5.41, 5.74) is 3.32. The molecule has 0 aromatic heterocycles. The number of hydrogen-bond acceptors (Lipinski definition) is 3. The van der Waals surface area contributed by atoms with Gasteiger partial charge in [0, 0.05) is 18.1 Å². The van der Waals surface area contributed by atoms with Gasteiger partial charge in [-0.25, -0.2) is 4.90 Å². The van der Waals surface area contributed by atoms with Crippen molar-refractivity contribution < 1.29 is 9.59 Å². The molecule has 1 fully saturated rings. The van der Waals surface area contributed by atoms with Gasteiger partial charge in [-0.2, -0.15) is 0 Å². The maximum atomic E-state index is 13.6. The van der Waals surface area contributed by atoms with E-state index in [1.165, 1.54) is 4.90 Å². The van der Waals surface area contributed by atoms with Crippen LogP contribution in [-0.4, -0.2) is 29.8 Å². The number of rotatable bonds is 3. The van der Waals surface area contributed by atoms with E-state index in [4.69, 9.17) is 11.6 Å². The van der Waals surface area contributed by atoms with Crippen molar-refractivity contribution >= 4 is 34.7 Å². The molecule has 2 aromatic carbocycles. The number of amides is 2. The van der Waals surface area contributed by atoms with Crippen LogP contribution in [0.5, 0.6) is 0 Å². The molecular weight excluding hydrogens is 384 g/mol. The molecule has 150 valence electrons. The van der Waals surface area contributed by atoms with Crippen LogP contribution >= 0.6 is 11.6 Å². The predicted octanol–water partition coefficient (Wildman–Crippen LogP) is 4.91. The largest absolute Gasteiger partial charge is 0.366 e. The van der Waals surface area contributed by atoms with Gasteiger partial charge in [-0.15, -0.1) is 0 Å². The summed E-state index contributed by atoms with van der Waals surface area (Å²) in [6.07, 6.45) is 1.13. The van der Waals surface area contributed by atoms with Crippen LogP contribution < -0.4 is 4.90 Å². The molecule has 0 radical (unpaired) electrons. The molecule has 0 aliphatic carbocycles. The summed E-state index contributed by atoms with van der Waals surface area (Å²) in [4.78, 5) is 30.5. The Morgan fingerprint density at radius 1 is 0.931 bits per heavy atom. The maximum Gasteiger partial charge on any atom is 0.282 e. The smallest absolute Gasteiger partial charge is 0.282 e. The summed E-state index contributed by atoms with van der Waals surface area (Å²) in [5, 5.41) is 0.600. The van der Waals surface area contributed by atoms with Crippen molar-refractivity contribution in [2.75, 3.05) is 18.0 Å². The number of halogens is 1. The van der Waals surface area contributed by atoms with E-state index in [0.717, 1.165) is 30.6 Å². The standard InChI is InChI=1S/C24H25ClN2O2/c1-15-5-4-6-20(12-15)27-23(28)21(18-7-9-19(25)10-8-18)22(24(27)29)26-13-16(2)11-17(3)14-26/h4-10,12,16-17H,11,13-14H2,1-3H3. The van der Waals surface area contributed by atoms with Gasteiger partial charge in [-0.1, -0.05) is 49.7 Å². The van der Waals surface area contributed by atoms with Crippen LogP contribution in [0.15, 0.2) is 54.2 Å². The van der Waals surface area contributed by atoms with Crippen LogP contribution in [0.25, 0.3) is 5.57 Å². The molecule has 5 heteroatoms. The van der Waals surface area contributed by atoms with Crippen molar-refractivity contribution in [3.05, 3.63) is 70.4 Å². The summed E-state index contributed by atoms with van der Waals surface area (Å²) in [6.45, 7) is 7.90. The van der Waals surface area contributed by atoms with Gasteiger partial charge in [-0.3, -0.25) is 9.59 Å². The third-order valence-corrected chi connectivity index (χ3v) is 5.89. The topological polar surface area (TPSA) is 40.6 Å². The van der Waals surface area contributed by atoms with Crippen molar-refractivity contribution in [3.63, 3.8) is 0 Å². The lowest BCUT2D eigenvalue weighted by Gasteiger charge is -2.37. The van der Waals surface area contributed by atoms with Crippen LogP contribution in [0.4, 0.5) is 5.69 Å². The van der Waals surface area contributed by atoms with Crippen LogP contribution in [0.1, 0.15) is 31.4 Å². The molecule has 2 aliphatic heterocycles. The minimum Gasteiger partial charge on any atom is -0.366 e. The third kappa shape index (κ3) is 3.69. The summed E-state index contributed by atoms with van der Waals surface area (Å²) in [5.74, 6) is 0.415. The summed E-state index contributed by atoms with van der Waals surface area (Å²) >= 11 is 6.06. The molecule has 2 aromatic rings. The first-order chi connectivity index (χ1) is 13.8. The Kier molecular flexibility index (Phi) is 5.22. The van der Waals surface area contributed by atoms with Gasteiger partial charge in [0.05, 0.1) is 11.3 Å². The van der Waals surface area contributed by atoms with E-state index in [-0.39, 0.29) is 11.8 Å². The number of aryl methyl sites for hydroxylation is 1. The van der Waals surface area contributed by atoms with Gasteiger partial charge >= 0.3 is 0 Å². The molecule has 2 aliphatic rings. The fourth-order valence-corrected chi connectivity index (χ4v) is 4.66. The average molecular weight is 409 g/mol. The minimum absolute atomic E-state index is 0.244. The number of carbonyl (C=O) groups is 2. The van der Waals surface area contributed by atoms with E-state index >= 15 is 0 Å². The lowest BCUT2D eigenvalue weighted by molar-refractivity contribution is -0.120. The zero-order valence-corrected chi connectivity index (χ0v) is 17.7. The Morgan fingerprint density at radius 2 is 1.59 bits per heavy atom. The molecule has 1 saturated heterocycles. The minimum atomic E-state index is -0.274. The fraction of sp³-hybridized carbons (Fsp3) is 0.333. The fourth-order valence-electron chi connectivity index (χ4n) is 4.54. The number of piperidine rings is 1. The molecule has 0 bridgehead atoms. The molecular formula is C24H25ClN2O2. The van der Waals surface area contributed by atoms with Crippen molar-refractivity contribution in [2.24, 2.45) is 11.8 Å². The van der Waals surface area contributed by atoms with E-state index in [9.17, 15) is 9.59 Å². The number of imide groups is 1. The Labute approximate surface area is 176 Å². The highest BCUT2D eigenvalue weighted by atomic mass is 35.5. The SMILES string of the molecule is Cc1cccc(N2C(=O)C(c3ccc(Cl)cc3)=C(N3CC(C)CC(C)C3)C2=O)c1. The molecule has 4 nitrogen and oxygen atoms in total. The monoisotopic (exact) mass is 408 g/mol. The van der Waals surface area contributed by atoms with Crippen molar-refractivity contribution in [2.45, 2.75) is 27.2 Å². The molecule has 2 heterocycles. The van der Waals surface area contributed by atoms with Gasteiger partial charge in [0.15, 0.2) is 0 Å². The van der Waals surface area contributed by atoms with E-state index in [1.807, 2.05) is 43.3 Å². The van der Waals surface area contributed by atoms with Crippen LogP contribution in [0, 0.1) is 18.8 Å². The first-order valence-electron chi connectivity index (χ1n) is 10.1. The zero-order valence-electron chi connectivity index (χ0n) is 17.0. The quantitative estimate of drug-likeness (QED) is 0.677. The molecule has 0 saturated carbocycles. The van der Waals surface area contributed by atoms with Gasteiger partial charge < -0.3 is 4.90 Å². The Bertz CT molecular complexity index is 986. The number of anilines is 1. The Hall–Kier alpha value is -2.59. The number of likely N-dealkylation sites (tertiary alicyclic amines) is 1. The number of nitrogens with zero attached hydrogens (tertiary/aromatic N) is 2. The van der Waals surface area contributed by atoms with Crippen molar-refractivity contribution in [1.82, 2.24) is 4.90 Å². The Morgan fingerprint density at radius 3 is 2.21 bits per heavy atom. The molecule has 2 amide bonds. The highest BCUT2D eigenvalue weighted by Crippen LogP contribution is 2.37. The Balaban J connectivity index is 1.84. The summed E-state index contributed by atoms with van der Waals surface area (Å²) in [7, 11) is 0. The molecule has 4 rings (SSSR count). The summed E-state index contributed by atoms with van der Waals surface area (Å²) in [6, 6.07) is 14.7. The van der Waals surface area contributed by atoms with Crippen LogP contribution in [0.2, 0.25) is 5.02 Å². The second kappa shape index (κ2) is 7.68. The average Bonchev–Trinajstić information content (AvgIpc) is 2.92. The van der Waals surface area contributed by atoms with Crippen molar-refractivity contribution in [1.29, 1.82) is 0 Å². The molecule has 0 N–H and O–H groups in total. The maximum absolute atomic E-state index is 13.6. The van der Waals surface area contributed by atoms with E-state index in [0.29, 0.717) is 33.8 Å². The zero-order chi connectivity index (χ0) is 20.7. The lowest BCUT2D eigenvalue weighted by Crippen LogP contribution is -2.42. The predicted molar refractivity (Wildman–Crippen MR) is 117 cm³/mol. The second-order valence-electron chi connectivity index (χ2n) is 8.37. The van der Waals surface area contributed by atoms with Gasteiger partial charge in [0.1, 0.15) is 5.70 Å². The molecule has 0 spiro atoms. The summed E-state index contributed by atoms with van der Waals surface area (Å²) < 4.78 is 0. The number of hydrogen-bond donors (Lipinski definition) is 0.